The number of likely N-dealkylation sites (tertiary alicyclic amines) is 1. The fraction of sp³-hybridized carbons (Fsp3) is 0.682. The highest BCUT2D eigenvalue weighted by Gasteiger charge is 2.24. The molecule has 156 valence electrons. The number of ether oxygens (including phenoxy) is 1. The Morgan fingerprint density at radius 2 is 1.71 bits per heavy atom. The van der Waals surface area contributed by atoms with Crippen LogP contribution >= 0.6 is 0 Å². The third-order valence-electron chi connectivity index (χ3n) is 6.11. The van der Waals surface area contributed by atoms with Gasteiger partial charge in [0, 0.05) is 46.0 Å². The number of rotatable bonds is 6. The monoisotopic (exact) mass is 388 g/mol. The Balaban J connectivity index is 1.42. The fourth-order valence-electron chi connectivity index (χ4n) is 4.23. The number of hydrogen-bond acceptors (Lipinski definition) is 5. The highest BCUT2D eigenvalue weighted by molar-refractivity contribution is 5.77. The first kappa shape index (κ1) is 20.9. The molecule has 0 aliphatic carbocycles. The molecule has 6 nitrogen and oxygen atoms in total. The number of likely N-dealkylation sites (N-methyl/N-ethyl adjacent to an activating group) is 1. The van der Waals surface area contributed by atoms with E-state index in [1.54, 1.807) is 12.0 Å². The number of hydrogen-bond donors (Lipinski definition) is 0. The maximum atomic E-state index is 11.9. The average Bonchev–Trinajstić information content (AvgIpc) is 2.95. The summed E-state index contributed by atoms with van der Waals surface area (Å²) in [5.41, 5.74) is 1.29. The molecule has 0 radical (unpaired) electrons. The third-order valence-corrected chi connectivity index (χ3v) is 6.11. The van der Waals surface area contributed by atoms with Crippen LogP contribution < -0.4 is 9.64 Å². The second-order valence-corrected chi connectivity index (χ2v) is 8.35. The minimum atomic E-state index is 0.213. The molecule has 0 spiro atoms. The van der Waals surface area contributed by atoms with Crippen molar-refractivity contribution >= 4 is 11.6 Å². The summed E-state index contributed by atoms with van der Waals surface area (Å²) in [4.78, 5) is 21.0. The zero-order valence-electron chi connectivity index (χ0n) is 17.8. The molecule has 2 saturated heterocycles. The molecule has 0 bridgehead atoms. The molecule has 28 heavy (non-hydrogen) atoms. The van der Waals surface area contributed by atoms with Gasteiger partial charge in [0.1, 0.15) is 5.75 Å². The molecule has 2 heterocycles. The highest BCUT2D eigenvalue weighted by Crippen LogP contribution is 2.22. The van der Waals surface area contributed by atoms with Crippen LogP contribution in [0.15, 0.2) is 24.3 Å². The Labute approximate surface area is 170 Å². The maximum Gasteiger partial charge on any atom is 0.236 e. The molecular formula is C22H36N4O2. The smallest absolute Gasteiger partial charge is 0.236 e. The van der Waals surface area contributed by atoms with Gasteiger partial charge in [-0.3, -0.25) is 9.69 Å². The van der Waals surface area contributed by atoms with Gasteiger partial charge in [0.05, 0.1) is 13.7 Å². The van der Waals surface area contributed by atoms with Gasteiger partial charge in [0.2, 0.25) is 5.91 Å². The Morgan fingerprint density at radius 1 is 1.00 bits per heavy atom. The highest BCUT2D eigenvalue weighted by atomic mass is 16.5. The predicted molar refractivity (Wildman–Crippen MR) is 114 cm³/mol. The molecule has 0 N–H and O–H groups in total. The number of anilines is 1. The summed E-state index contributed by atoms with van der Waals surface area (Å²) >= 11 is 0. The van der Waals surface area contributed by atoms with E-state index in [2.05, 4.69) is 26.8 Å². The van der Waals surface area contributed by atoms with E-state index in [0.717, 1.165) is 44.4 Å². The van der Waals surface area contributed by atoms with Crippen LogP contribution in [-0.4, -0.2) is 94.2 Å². The van der Waals surface area contributed by atoms with Crippen molar-refractivity contribution < 1.29 is 9.53 Å². The van der Waals surface area contributed by atoms with E-state index >= 15 is 0 Å². The van der Waals surface area contributed by atoms with E-state index in [1.165, 1.54) is 38.0 Å². The Bertz CT molecular complexity index is 611. The van der Waals surface area contributed by atoms with Gasteiger partial charge in [-0.2, -0.15) is 0 Å². The normalized spacial score (nSPS) is 20.0. The van der Waals surface area contributed by atoms with Gasteiger partial charge in [-0.05, 0) is 69.1 Å². The molecule has 2 aliphatic rings. The lowest BCUT2D eigenvalue weighted by Crippen LogP contribution is -2.43. The van der Waals surface area contributed by atoms with E-state index in [1.807, 2.05) is 26.2 Å². The lowest BCUT2D eigenvalue weighted by atomic mass is 9.96. The first-order valence-corrected chi connectivity index (χ1v) is 10.6. The number of benzene rings is 1. The minimum absolute atomic E-state index is 0.213. The Kier molecular flexibility index (Phi) is 7.57. The summed E-state index contributed by atoms with van der Waals surface area (Å²) in [6, 6.07) is 8.43. The SMILES string of the molecule is COc1ccc(N2CCCN(CC3CCN(CC(=O)N(C)C)CC3)CC2)cc1. The lowest BCUT2D eigenvalue weighted by molar-refractivity contribution is -0.130. The van der Waals surface area contributed by atoms with Crippen molar-refractivity contribution in [3.63, 3.8) is 0 Å². The van der Waals surface area contributed by atoms with E-state index < -0.39 is 0 Å². The molecule has 3 rings (SSSR count). The van der Waals surface area contributed by atoms with Crippen LogP contribution in [0.4, 0.5) is 5.69 Å². The van der Waals surface area contributed by atoms with Gasteiger partial charge in [-0.25, -0.2) is 0 Å². The zero-order valence-corrected chi connectivity index (χ0v) is 17.8. The van der Waals surface area contributed by atoms with Crippen molar-refractivity contribution in [2.75, 3.05) is 78.5 Å². The molecule has 6 heteroatoms. The summed E-state index contributed by atoms with van der Waals surface area (Å²) < 4.78 is 5.27. The topological polar surface area (TPSA) is 39.3 Å². The second-order valence-electron chi connectivity index (χ2n) is 8.35. The van der Waals surface area contributed by atoms with Gasteiger partial charge in [-0.15, -0.1) is 0 Å². The first-order chi connectivity index (χ1) is 13.5. The van der Waals surface area contributed by atoms with E-state index in [0.29, 0.717) is 6.54 Å². The van der Waals surface area contributed by atoms with Crippen molar-refractivity contribution in [3.05, 3.63) is 24.3 Å². The molecule has 0 unspecified atom stereocenters. The Hall–Kier alpha value is -1.79. The molecule has 2 aliphatic heterocycles. The summed E-state index contributed by atoms with van der Waals surface area (Å²) in [7, 11) is 5.39. The van der Waals surface area contributed by atoms with Gasteiger partial charge in [-0.1, -0.05) is 0 Å². The maximum absolute atomic E-state index is 11.9. The molecule has 1 aromatic carbocycles. The number of carbonyl (C=O) groups is 1. The molecule has 0 atom stereocenters. The third kappa shape index (κ3) is 5.85. The Morgan fingerprint density at radius 3 is 2.36 bits per heavy atom. The standard InChI is InChI=1S/C22H36N4O2/c1-23(2)22(27)18-25-13-9-19(10-14-25)17-24-11-4-12-26(16-15-24)20-5-7-21(28-3)8-6-20/h5-8,19H,4,9-18H2,1-3H3. The van der Waals surface area contributed by atoms with Crippen molar-refractivity contribution in [2.24, 2.45) is 5.92 Å². The molecule has 1 amide bonds. The molecule has 1 aromatic rings. The average molecular weight is 389 g/mol. The van der Waals surface area contributed by atoms with Gasteiger partial charge in [0.25, 0.3) is 0 Å². The first-order valence-electron chi connectivity index (χ1n) is 10.6. The number of methoxy groups -OCH3 is 1. The number of amides is 1. The van der Waals surface area contributed by atoms with Crippen LogP contribution in [0.25, 0.3) is 0 Å². The number of nitrogens with zero attached hydrogens (tertiary/aromatic N) is 4. The van der Waals surface area contributed by atoms with Crippen LogP contribution in [0.5, 0.6) is 5.75 Å². The van der Waals surface area contributed by atoms with Crippen molar-refractivity contribution in [1.82, 2.24) is 14.7 Å². The van der Waals surface area contributed by atoms with E-state index in [-0.39, 0.29) is 5.91 Å². The van der Waals surface area contributed by atoms with E-state index in [4.69, 9.17) is 4.74 Å². The quantitative estimate of drug-likeness (QED) is 0.745. The van der Waals surface area contributed by atoms with Crippen LogP contribution in [0.1, 0.15) is 19.3 Å². The van der Waals surface area contributed by atoms with Crippen molar-refractivity contribution in [3.8, 4) is 5.75 Å². The minimum Gasteiger partial charge on any atom is -0.497 e. The van der Waals surface area contributed by atoms with Gasteiger partial charge in [0.15, 0.2) is 0 Å². The summed E-state index contributed by atoms with van der Waals surface area (Å²) in [5, 5.41) is 0. The summed E-state index contributed by atoms with van der Waals surface area (Å²) in [5.74, 6) is 1.89. The van der Waals surface area contributed by atoms with Crippen molar-refractivity contribution in [2.45, 2.75) is 19.3 Å². The summed E-state index contributed by atoms with van der Waals surface area (Å²) in [6.07, 6.45) is 3.63. The predicted octanol–water partition coefficient (Wildman–Crippen LogP) is 2.01. The zero-order chi connectivity index (χ0) is 19.9. The number of piperidine rings is 1. The largest absolute Gasteiger partial charge is 0.497 e. The molecule has 2 fully saturated rings. The molecule has 0 saturated carbocycles. The van der Waals surface area contributed by atoms with Crippen LogP contribution in [-0.2, 0) is 4.79 Å². The van der Waals surface area contributed by atoms with Crippen LogP contribution in [0.3, 0.4) is 0 Å². The summed E-state index contributed by atoms with van der Waals surface area (Å²) in [6.45, 7) is 8.39. The van der Waals surface area contributed by atoms with E-state index in [9.17, 15) is 4.79 Å². The van der Waals surface area contributed by atoms with Gasteiger partial charge >= 0.3 is 0 Å². The van der Waals surface area contributed by atoms with Crippen LogP contribution in [0.2, 0.25) is 0 Å². The number of carbonyl (C=O) groups excluding carboxylic acids is 1. The fourth-order valence-corrected chi connectivity index (χ4v) is 4.23. The molecule has 0 aromatic heterocycles. The molecular weight excluding hydrogens is 352 g/mol. The van der Waals surface area contributed by atoms with Crippen molar-refractivity contribution in [1.29, 1.82) is 0 Å². The lowest BCUT2D eigenvalue weighted by Gasteiger charge is -2.34. The van der Waals surface area contributed by atoms with Crippen LogP contribution in [0, 0.1) is 5.92 Å². The second kappa shape index (κ2) is 10.1. The van der Waals surface area contributed by atoms with Gasteiger partial charge < -0.3 is 19.4 Å².